The number of fused-ring (bicyclic) bond motifs is 1. The van der Waals surface area contributed by atoms with Gasteiger partial charge in [-0.3, -0.25) is 19.3 Å². The van der Waals surface area contributed by atoms with Crippen LogP contribution in [0.5, 0.6) is 0 Å². The van der Waals surface area contributed by atoms with E-state index in [9.17, 15) is 14.4 Å². The molecular weight excluding hydrogens is 354 g/mol. The Balaban J connectivity index is 1.80. The molecule has 3 amide bonds. The zero-order valence-electron chi connectivity index (χ0n) is 16.2. The average molecular weight is 379 g/mol. The van der Waals surface area contributed by atoms with Gasteiger partial charge in [-0.15, -0.1) is 0 Å². The van der Waals surface area contributed by atoms with Crippen molar-refractivity contribution >= 4 is 23.4 Å². The Kier molecular flexibility index (Phi) is 5.93. The number of nitrogens with zero attached hydrogens (tertiary/aromatic N) is 2. The number of nitriles is 1. The van der Waals surface area contributed by atoms with E-state index in [0.717, 1.165) is 5.56 Å². The number of carbonyl (C=O) groups excluding carboxylic acids is 3. The van der Waals surface area contributed by atoms with Crippen LogP contribution in [-0.4, -0.2) is 28.7 Å². The summed E-state index contributed by atoms with van der Waals surface area (Å²) in [6.07, 6.45) is 5.72. The highest BCUT2D eigenvalue weighted by Crippen LogP contribution is 2.37. The first-order valence-electron chi connectivity index (χ1n) is 9.71. The molecule has 2 aliphatic rings. The van der Waals surface area contributed by atoms with E-state index >= 15 is 0 Å². The van der Waals surface area contributed by atoms with Gasteiger partial charge >= 0.3 is 0 Å². The smallest absolute Gasteiger partial charge is 0.247 e. The number of hydrogen-bond acceptors (Lipinski definition) is 4. The number of rotatable bonds is 6. The molecule has 1 aliphatic carbocycles. The molecule has 28 heavy (non-hydrogen) atoms. The van der Waals surface area contributed by atoms with Gasteiger partial charge in [0.1, 0.15) is 6.04 Å². The van der Waals surface area contributed by atoms with Crippen molar-refractivity contribution in [1.82, 2.24) is 4.90 Å². The minimum absolute atomic E-state index is 0.148. The fourth-order valence-electron chi connectivity index (χ4n) is 3.93. The Hall–Kier alpha value is -2.94. The van der Waals surface area contributed by atoms with Crippen LogP contribution in [0.1, 0.15) is 38.7 Å². The molecule has 6 nitrogen and oxygen atoms in total. The van der Waals surface area contributed by atoms with Gasteiger partial charge in [-0.1, -0.05) is 38.1 Å². The van der Waals surface area contributed by atoms with E-state index in [4.69, 9.17) is 5.26 Å². The monoisotopic (exact) mass is 379 g/mol. The number of allylic oxidation sites excluding steroid dienone is 2. The van der Waals surface area contributed by atoms with Crippen LogP contribution in [0.3, 0.4) is 0 Å². The summed E-state index contributed by atoms with van der Waals surface area (Å²) in [5, 5.41) is 11.6. The zero-order chi connectivity index (χ0) is 20.3. The molecule has 1 fully saturated rings. The second-order valence-corrected chi connectivity index (χ2v) is 7.87. The fraction of sp³-hybridized carbons (Fsp3) is 0.455. The van der Waals surface area contributed by atoms with E-state index in [1.807, 2.05) is 26.0 Å². The predicted molar refractivity (Wildman–Crippen MR) is 105 cm³/mol. The second kappa shape index (κ2) is 8.39. The lowest BCUT2D eigenvalue weighted by Crippen LogP contribution is -2.48. The number of amides is 3. The Morgan fingerprint density at radius 2 is 1.71 bits per heavy atom. The molecular formula is C22H25N3O3. The molecule has 0 spiro atoms. The van der Waals surface area contributed by atoms with E-state index in [-0.39, 0.29) is 35.5 Å². The first-order chi connectivity index (χ1) is 13.4. The lowest BCUT2D eigenvalue weighted by molar-refractivity contribution is -0.147. The van der Waals surface area contributed by atoms with Gasteiger partial charge < -0.3 is 5.32 Å². The molecule has 1 N–H and O–H groups in total. The van der Waals surface area contributed by atoms with E-state index in [0.29, 0.717) is 31.4 Å². The van der Waals surface area contributed by atoms with Crippen molar-refractivity contribution in [3.8, 4) is 6.07 Å². The van der Waals surface area contributed by atoms with Gasteiger partial charge in [-0.2, -0.15) is 5.26 Å². The molecule has 0 saturated carbocycles. The molecule has 3 rings (SSSR count). The van der Waals surface area contributed by atoms with Crippen molar-refractivity contribution in [1.29, 1.82) is 5.26 Å². The van der Waals surface area contributed by atoms with Gasteiger partial charge in [0.05, 0.1) is 24.3 Å². The third kappa shape index (κ3) is 3.99. The molecule has 0 radical (unpaired) electrons. The van der Waals surface area contributed by atoms with E-state index in [1.165, 1.54) is 4.90 Å². The summed E-state index contributed by atoms with van der Waals surface area (Å²) >= 11 is 0. The second-order valence-electron chi connectivity index (χ2n) is 7.87. The number of benzene rings is 1. The van der Waals surface area contributed by atoms with E-state index in [2.05, 4.69) is 11.4 Å². The van der Waals surface area contributed by atoms with Crippen LogP contribution in [0.15, 0.2) is 36.4 Å². The molecule has 146 valence electrons. The molecule has 1 aromatic carbocycles. The van der Waals surface area contributed by atoms with Crippen LogP contribution >= 0.6 is 0 Å². The molecule has 1 heterocycles. The normalized spacial score (nSPS) is 22.1. The van der Waals surface area contributed by atoms with E-state index < -0.39 is 6.04 Å². The fourth-order valence-corrected chi connectivity index (χ4v) is 3.93. The first kappa shape index (κ1) is 19.8. The van der Waals surface area contributed by atoms with Gasteiger partial charge in [0.25, 0.3) is 0 Å². The summed E-state index contributed by atoms with van der Waals surface area (Å²) in [5.74, 6) is -1.35. The van der Waals surface area contributed by atoms with Crippen molar-refractivity contribution in [3.05, 3.63) is 42.0 Å². The van der Waals surface area contributed by atoms with Crippen molar-refractivity contribution in [2.75, 3.05) is 5.32 Å². The van der Waals surface area contributed by atoms with Gasteiger partial charge in [0, 0.05) is 5.69 Å². The third-order valence-corrected chi connectivity index (χ3v) is 5.36. The summed E-state index contributed by atoms with van der Waals surface area (Å²) in [6.45, 7) is 3.94. The number of nitrogens with one attached hydrogen (secondary N) is 1. The van der Waals surface area contributed by atoms with Crippen LogP contribution in [0.4, 0.5) is 5.69 Å². The Morgan fingerprint density at radius 3 is 2.21 bits per heavy atom. The first-order valence-corrected chi connectivity index (χ1v) is 9.71. The molecule has 0 bridgehead atoms. The predicted octanol–water partition coefficient (Wildman–Crippen LogP) is 3.06. The topological polar surface area (TPSA) is 90.3 Å². The average Bonchev–Trinajstić information content (AvgIpc) is 2.92. The van der Waals surface area contributed by atoms with Gasteiger partial charge in [0.15, 0.2) is 0 Å². The largest absolute Gasteiger partial charge is 0.324 e. The number of carbonyl (C=O) groups is 3. The van der Waals surface area contributed by atoms with Crippen LogP contribution in [0.25, 0.3) is 0 Å². The number of hydrogen-bond donors (Lipinski definition) is 1. The van der Waals surface area contributed by atoms with Gasteiger partial charge in [-0.05, 0) is 42.9 Å². The maximum atomic E-state index is 13.0. The zero-order valence-corrected chi connectivity index (χ0v) is 16.2. The van der Waals surface area contributed by atoms with Crippen LogP contribution in [0.2, 0.25) is 0 Å². The van der Waals surface area contributed by atoms with Crippen LogP contribution < -0.4 is 5.32 Å². The molecule has 1 saturated heterocycles. The highest BCUT2D eigenvalue weighted by atomic mass is 16.2. The summed E-state index contributed by atoms with van der Waals surface area (Å²) in [4.78, 5) is 40.0. The third-order valence-electron chi connectivity index (χ3n) is 5.36. The molecule has 1 aromatic rings. The Morgan fingerprint density at radius 1 is 1.14 bits per heavy atom. The van der Waals surface area contributed by atoms with Crippen LogP contribution in [0, 0.1) is 29.1 Å². The van der Waals surface area contributed by atoms with Gasteiger partial charge in [0.2, 0.25) is 17.7 Å². The summed E-state index contributed by atoms with van der Waals surface area (Å²) in [7, 11) is 0. The number of imide groups is 1. The van der Waals surface area contributed by atoms with Crippen molar-refractivity contribution in [3.63, 3.8) is 0 Å². The number of anilines is 1. The van der Waals surface area contributed by atoms with Crippen molar-refractivity contribution in [2.24, 2.45) is 17.8 Å². The quantitative estimate of drug-likeness (QED) is 0.607. The molecule has 1 aliphatic heterocycles. The van der Waals surface area contributed by atoms with Crippen molar-refractivity contribution < 1.29 is 14.4 Å². The lowest BCUT2D eigenvalue weighted by Gasteiger charge is -2.27. The molecule has 0 aromatic heterocycles. The Labute approximate surface area is 165 Å². The minimum Gasteiger partial charge on any atom is -0.324 e. The maximum Gasteiger partial charge on any atom is 0.247 e. The Bertz CT molecular complexity index is 810. The van der Waals surface area contributed by atoms with E-state index in [1.54, 1.807) is 24.3 Å². The number of likely N-dealkylation sites (tertiary alicyclic amines) is 1. The molecule has 6 heteroatoms. The molecule has 3 unspecified atom stereocenters. The lowest BCUT2D eigenvalue weighted by atomic mass is 9.85. The summed E-state index contributed by atoms with van der Waals surface area (Å²) < 4.78 is 0. The summed E-state index contributed by atoms with van der Waals surface area (Å²) in [5.41, 5.74) is 1.44. The highest BCUT2D eigenvalue weighted by Gasteiger charge is 2.51. The minimum atomic E-state index is -0.815. The van der Waals surface area contributed by atoms with Gasteiger partial charge in [-0.25, -0.2) is 0 Å². The SMILES string of the molecule is CC(C)CC(C(=O)Nc1ccc(CC#N)cc1)N1C(=O)C2CC=CCC2C1=O. The summed E-state index contributed by atoms with van der Waals surface area (Å²) in [6, 6.07) is 8.29. The highest BCUT2D eigenvalue weighted by molar-refractivity contribution is 6.10. The van der Waals surface area contributed by atoms with Crippen molar-refractivity contribution in [2.45, 2.75) is 45.6 Å². The maximum absolute atomic E-state index is 13.0. The standard InChI is InChI=1S/C22H25N3O3/c1-14(2)13-19(20(26)24-16-9-7-15(8-10-16)11-12-23)25-21(27)17-5-3-4-6-18(17)22(25)28/h3-4,7-10,14,17-19H,5-6,11,13H2,1-2H3,(H,24,26). The van der Waals surface area contributed by atoms with Crippen LogP contribution in [-0.2, 0) is 20.8 Å². The molecule has 3 atom stereocenters.